The van der Waals surface area contributed by atoms with Crippen LogP contribution in [0.2, 0.25) is 0 Å². The highest BCUT2D eigenvalue weighted by atomic mass is 32.2. The predicted octanol–water partition coefficient (Wildman–Crippen LogP) is 0.564. The Morgan fingerprint density at radius 3 is 2.71 bits per heavy atom. The molecule has 0 aromatic heterocycles. The molecule has 0 saturated carbocycles. The molecule has 0 unspecified atom stereocenters. The maximum absolute atomic E-state index is 11.8. The topological polar surface area (TPSA) is 67.9 Å². The Morgan fingerprint density at radius 1 is 1.29 bits per heavy atom. The van der Waals surface area contributed by atoms with Gasteiger partial charge in [-0.1, -0.05) is 0 Å². The minimum absolute atomic E-state index is 0.0885. The summed E-state index contributed by atoms with van der Waals surface area (Å²) < 4.78 is 34.3. The molecule has 2 aliphatic heterocycles. The number of sulfone groups is 1. The Morgan fingerprint density at radius 2 is 2.05 bits per heavy atom. The Labute approximate surface area is 128 Å². The van der Waals surface area contributed by atoms with E-state index < -0.39 is 9.84 Å². The van der Waals surface area contributed by atoms with E-state index in [1.54, 1.807) is 32.4 Å². The number of anilines is 1. The molecular weight excluding hydrogens is 312 g/mol. The summed E-state index contributed by atoms with van der Waals surface area (Å²) in [5.41, 5.74) is 0.721. The van der Waals surface area contributed by atoms with Crippen molar-refractivity contribution < 1.29 is 17.9 Å². The predicted molar refractivity (Wildman–Crippen MR) is 84.0 cm³/mol. The molecular formula is C13H16N2O4S2. The fraction of sp³-hybridized carbons (Fsp3) is 0.462. The lowest BCUT2D eigenvalue weighted by molar-refractivity contribution is 0.403. The van der Waals surface area contributed by atoms with Crippen LogP contribution in [0, 0.1) is 0 Å². The quantitative estimate of drug-likeness (QED) is 0.813. The molecule has 21 heavy (non-hydrogen) atoms. The van der Waals surface area contributed by atoms with E-state index in [9.17, 15) is 8.42 Å². The number of methoxy groups -OCH3 is 2. The van der Waals surface area contributed by atoms with Crippen molar-refractivity contribution in [2.75, 3.05) is 30.6 Å². The summed E-state index contributed by atoms with van der Waals surface area (Å²) in [5, 5.41) is 3.61. The van der Waals surface area contributed by atoms with E-state index in [1.807, 2.05) is 4.90 Å². The van der Waals surface area contributed by atoms with Crippen molar-refractivity contribution >= 4 is 32.9 Å². The number of hydrogen-bond donors (Lipinski definition) is 1. The zero-order valence-electron chi connectivity index (χ0n) is 11.7. The third-order valence-corrected chi connectivity index (χ3v) is 5.86. The SMILES string of the molecule is COc1ccc(OC)c(N2C(=S)N[C@@H]3CS(=O)(=O)C[C@H]32)c1. The molecule has 6 nitrogen and oxygen atoms in total. The molecule has 2 fully saturated rings. The van der Waals surface area contributed by atoms with Gasteiger partial charge in [-0.3, -0.25) is 0 Å². The average molecular weight is 328 g/mol. The van der Waals surface area contributed by atoms with E-state index >= 15 is 0 Å². The summed E-state index contributed by atoms with van der Waals surface area (Å²) in [6, 6.07) is 5.01. The van der Waals surface area contributed by atoms with Gasteiger partial charge in [-0.25, -0.2) is 8.42 Å². The summed E-state index contributed by atoms with van der Waals surface area (Å²) in [6.07, 6.45) is 0. The van der Waals surface area contributed by atoms with Gasteiger partial charge < -0.3 is 19.7 Å². The standard InChI is InChI=1S/C13H16N2O4S2/c1-18-8-3-4-12(19-2)10(5-8)15-11-7-21(16,17)6-9(11)14-13(15)20/h3-5,9,11H,6-7H2,1-2H3,(H,14,20)/t9-,11-/m1/s1. The molecule has 0 radical (unpaired) electrons. The van der Waals surface area contributed by atoms with E-state index in [2.05, 4.69) is 5.32 Å². The van der Waals surface area contributed by atoms with Gasteiger partial charge in [0.25, 0.3) is 0 Å². The molecule has 2 saturated heterocycles. The van der Waals surface area contributed by atoms with Crippen LogP contribution >= 0.6 is 12.2 Å². The summed E-state index contributed by atoms with van der Waals surface area (Å²) in [6.45, 7) is 0. The second-order valence-electron chi connectivity index (χ2n) is 5.11. The molecule has 1 aromatic carbocycles. The lowest BCUT2D eigenvalue weighted by Crippen LogP contribution is -2.37. The van der Waals surface area contributed by atoms with Gasteiger partial charge in [0.2, 0.25) is 0 Å². The number of hydrogen-bond acceptors (Lipinski definition) is 5. The van der Waals surface area contributed by atoms with Crippen LogP contribution < -0.4 is 19.7 Å². The fourth-order valence-corrected chi connectivity index (χ4v) is 5.15. The third kappa shape index (κ3) is 2.42. The maximum Gasteiger partial charge on any atom is 0.174 e. The second-order valence-corrected chi connectivity index (χ2v) is 7.65. The molecule has 2 aliphatic rings. The molecule has 1 aromatic rings. The largest absolute Gasteiger partial charge is 0.497 e. The number of nitrogens with zero attached hydrogens (tertiary/aromatic N) is 1. The number of nitrogens with one attached hydrogen (secondary N) is 1. The summed E-state index contributed by atoms with van der Waals surface area (Å²) >= 11 is 5.36. The van der Waals surface area contributed by atoms with Gasteiger partial charge in [-0.15, -0.1) is 0 Å². The van der Waals surface area contributed by atoms with Gasteiger partial charge in [0, 0.05) is 6.07 Å². The lowest BCUT2D eigenvalue weighted by Gasteiger charge is -2.25. The Hall–Kier alpha value is -1.54. The summed E-state index contributed by atoms with van der Waals surface area (Å²) in [7, 11) is 0.108. The minimum Gasteiger partial charge on any atom is -0.497 e. The molecule has 2 atom stereocenters. The molecule has 0 amide bonds. The first-order valence-corrected chi connectivity index (χ1v) is 8.70. The zero-order valence-corrected chi connectivity index (χ0v) is 13.3. The molecule has 0 spiro atoms. The van der Waals surface area contributed by atoms with Crippen LogP contribution in [0.3, 0.4) is 0 Å². The van der Waals surface area contributed by atoms with E-state index in [0.29, 0.717) is 16.6 Å². The van der Waals surface area contributed by atoms with E-state index in [4.69, 9.17) is 21.7 Å². The highest BCUT2D eigenvalue weighted by Crippen LogP contribution is 2.37. The molecule has 3 rings (SSSR count). The number of benzene rings is 1. The Kier molecular flexibility index (Phi) is 3.45. The second kappa shape index (κ2) is 5.03. The maximum atomic E-state index is 11.8. The molecule has 2 heterocycles. The smallest absolute Gasteiger partial charge is 0.174 e. The van der Waals surface area contributed by atoms with Gasteiger partial charge in [-0.2, -0.15) is 0 Å². The fourth-order valence-electron chi connectivity index (χ4n) is 2.87. The number of fused-ring (bicyclic) bond motifs is 1. The lowest BCUT2D eigenvalue weighted by atomic mass is 10.1. The first kappa shape index (κ1) is 14.4. The van der Waals surface area contributed by atoms with Crippen LogP contribution in [-0.4, -0.2) is 51.3 Å². The zero-order chi connectivity index (χ0) is 15.2. The minimum atomic E-state index is -3.04. The Balaban J connectivity index is 2.04. The van der Waals surface area contributed by atoms with Gasteiger partial charge in [0.15, 0.2) is 14.9 Å². The van der Waals surface area contributed by atoms with Crippen LogP contribution in [0.25, 0.3) is 0 Å². The van der Waals surface area contributed by atoms with Crippen LogP contribution in [0.15, 0.2) is 18.2 Å². The highest BCUT2D eigenvalue weighted by molar-refractivity contribution is 7.91. The first-order chi connectivity index (χ1) is 9.95. The van der Waals surface area contributed by atoms with E-state index in [1.165, 1.54) is 0 Å². The van der Waals surface area contributed by atoms with Crippen molar-refractivity contribution in [1.82, 2.24) is 5.32 Å². The number of ether oxygens (including phenoxy) is 2. The van der Waals surface area contributed by atoms with Crippen LogP contribution in [0.1, 0.15) is 0 Å². The molecule has 8 heteroatoms. The van der Waals surface area contributed by atoms with Gasteiger partial charge >= 0.3 is 0 Å². The van der Waals surface area contributed by atoms with Gasteiger partial charge in [-0.05, 0) is 24.4 Å². The normalized spacial score (nSPS) is 26.4. The van der Waals surface area contributed by atoms with E-state index in [0.717, 1.165) is 5.69 Å². The first-order valence-electron chi connectivity index (χ1n) is 6.47. The molecule has 0 bridgehead atoms. The van der Waals surface area contributed by atoms with Crippen LogP contribution in [0.5, 0.6) is 11.5 Å². The monoisotopic (exact) mass is 328 g/mol. The highest BCUT2D eigenvalue weighted by Gasteiger charge is 2.48. The van der Waals surface area contributed by atoms with Crippen LogP contribution in [0.4, 0.5) is 5.69 Å². The molecule has 1 N–H and O–H groups in total. The van der Waals surface area contributed by atoms with Crippen molar-refractivity contribution in [3.8, 4) is 11.5 Å². The number of thiocarbonyl (C=S) groups is 1. The van der Waals surface area contributed by atoms with Gasteiger partial charge in [0.05, 0.1) is 43.5 Å². The Bertz CT molecular complexity index is 689. The summed E-state index contributed by atoms with van der Waals surface area (Å²) in [5.74, 6) is 1.49. The molecule has 114 valence electrons. The number of rotatable bonds is 3. The summed E-state index contributed by atoms with van der Waals surface area (Å²) in [4.78, 5) is 1.83. The van der Waals surface area contributed by atoms with Crippen molar-refractivity contribution in [3.05, 3.63) is 18.2 Å². The van der Waals surface area contributed by atoms with Crippen LogP contribution in [-0.2, 0) is 9.84 Å². The van der Waals surface area contributed by atoms with Crippen molar-refractivity contribution in [3.63, 3.8) is 0 Å². The van der Waals surface area contributed by atoms with Crippen molar-refractivity contribution in [2.24, 2.45) is 0 Å². The van der Waals surface area contributed by atoms with Gasteiger partial charge in [0.1, 0.15) is 11.5 Å². The third-order valence-electron chi connectivity index (χ3n) is 3.83. The van der Waals surface area contributed by atoms with Crippen molar-refractivity contribution in [2.45, 2.75) is 12.1 Å². The van der Waals surface area contributed by atoms with E-state index in [-0.39, 0.29) is 23.6 Å². The molecule has 0 aliphatic carbocycles. The average Bonchev–Trinajstić information content (AvgIpc) is 2.88. The van der Waals surface area contributed by atoms with Crippen molar-refractivity contribution in [1.29, 1.82) is 0 Å².